The van der Waals surface area contributed by atoms with Crippen LogP contribution in [0.5, 0.6) is 0 Å². The van der Waals surface area contributed by atoms with E-state index in [4.69, 9.17) is 23.2 Å². The summed E-state index contributed by atoms with van der Waals surface area (Å²) in [6.07, 6.45) is 1.51. The van der Waals surface area contributed by atoms with Gasteiger partial charge in [0.2, 0.25) is 0 Å². The maximum absolute atomic E-state index is 13.3. The lowest BCUT2D eigenvalue weighted by atomic mass is 10.0. The lowest BCUT2D eigenvalue weighted by Crippen LogP contribution is -1.96. The standard InChI is InChI=1S/C19H12Cl2FN3S/c1-10-16(11-2-5-13(22)6-3-11)17-18(23-9-24-19(17)26-10)25-15-8-12(20)4-7-14(15)21/h2-9H,1H3,(H,23,24,25). The summed E-state index contributed by atoms with van der Waals surface area (Å²) in [7, 11) is 0. The third-order valence-electron chi connectivity index (χ3n) is 3.98. The van der Waals surface area contributed by atoms with Crippen molar-refractivity contribution in [3.8, 4) is 11.1 Å². The molecule has 7 heteroatoms. The first-order valence-corrected chi connectivity index (χ1v) is 9.32. The maximum Gasteiger partial charge on any atom is 0.143 e. The first-order valence-electron chi connectivity index (χ1n) is 7.75. The third-order valence-corrected chi connectivity index (χ3v) is 5.56. The first-order chi connectivity index (χ1) is 12.5. The number of nitrogens with one attached hydrogen (secondary N) is 1. The Kier molecular flexibility index (Phi) is 4.53. The minimum absolute atomic E-state index is 0.272. The lowest BCUT2D eigenvalue weighted by Gasteiger charge is -2.11. The highest BCUT2D eigenvalue weighted by Crippen LogP contribution is 2.41. The van der Waals surface area contributed by atoms with Crippen molar-refractivity contribution in [2.24, 2.45) is 0 Å². The van der Waals surface area contributed by atoms with Crippen LogP contribution in [-0.2, 0) is 0 Å². The van der Waals surface area contributed by atoms with Gasteiger partial charge in [0, 0.05) is 15.5 Å². The van der Waals surface area contributed by atoms with Gasteiger partial charge in [0.15, 0.2) is 0 Å². The number of aryl methyl sites for hydroxylation is 1. The first kappa shape index (κ1) is 17.2. The summed E-state index contributed by atoms with van der Waals surface area (Å²) in [5, 5.41) is 5.24. The molecule has 4 rings (SSSR count). The fourth-order valence-corrected chi connectivity index (χ4v) is 4.17. The molecule has 0 bridgehead atoms. The molecule has 0 unspecified atom stereocenters. The number of hydrogen-bond donors (Lipinski definition) is 1. The molecule has 0 saturated carbocycles. The van der Waals surface area contributed by atoms with Crippen LogP contribution in [0, 0.1) is 12.7 Å². The van der Waals surface area contributed by atoms with Crippen molar-refractivity contribution in [2.75, 3.05) is 5.32 Å². The predicted molar refractivity (Wildman–Crippen MR) is 107 cm³/mol. The Bertz CT molecular complexity index is 1110. The van der Waals surface area contributed by atoms with E-state index in [1.54, 1.807) is 41.7 Å². The highest BCUT2D eigenvalue weighted by Gasteiger charge is 2.17. The van der Waals surface area contributed by atoms with Crippen molar-refractivity contribution in [2.45, 2.75) is 6.92 Å². The van der Waals surface area contributed by atoms with Crippen LogP contribution in [0.2, 0.25) is 10.0 Å². The SMILES string of the molecule is Cc1sc2ncnc(Nc3cc(Cl)ccc3Cl)c2c1-c1ccc(F)cc1. The second-order valence-corrected chi connectivity index (χ2v) is 7.74. The molecule has 0 aliphatic heterocycles. The fourth-order valence-electron chi connectivity index (χ4n) is 2.82. The largest absolute Gasteiger partial charge is 0.338 e. The molecule has 26 heavy (non-hydrogen) atoms. The summed E-state index contributed by atoms with van der Waals surface area (Å²) in [6.45, 7) is 2.02. The van der Waals surface area contributed by atoms with Gasteiger partial charge in [-0.3, -0.25) is 0 Å². The van der Waals surface area contributed by atoms with Crippen molar-refractivity contribution < 1.29 is 4.39 Å². The summed E-state index contributed by atoms with van der Waals surface area (Å²) in [5.74, 6) is 0.356. The van der Waals surface area contributed by atoms with E-state index < -0.39 is 0 Å². The van der Waals surface area contributed by atoms with Crippen LogP contribution in [0.3, 0.4) is 0 Å². The van der Waals surface area contributed by atoms with Crippen molar-refractivity contribution in [3.05, 3.63) is 69.5 Å². The lowest BCUT2D eigenvalue weighted by molar-refractivity contribution is 0.628. The molecule has 0 spiro atoms. The highest BCUT2D eigenvalue weighted by molar-refractivity contribution is 7.19. The van der Waals surface area contributed by atoms with Gasteiger partial charge in [-0.25, -0.2) is 14.4 Å². The smallest absolute Gasteiger partial charge is 0.143 e. The molecular formula is C19H12Cl2FN3S. The molecule has 130 valence electrons. The molecule has 2 aromatic carbocycles. The predicted octanol–water partition coefficient (Wildman–Crippen LogP) is 6.86. The zero-order chi connectivity index (χ0) is 18.3. The van der Waals surface area contributed by atoms with Crippen molar-refractivity contribution in [3.63, 3.8) is 0 Å². The maximum atomic E-state index is 13.3. The molecule has 2 heterocycles. The van der Waals surface area contributed by atoms with Crippen molar-refractivity contribution in [1.82, 2.24) is 9.97 Å². The van der Waals surface area contributed by atoms with Crippen LogP contribution in [0.15, 0.2) is 48.8 Å². The summed E-state index contributed by atoms with van der Waals surface area (Å²) in [5.41, 5.74) is 2.55. The van der Waals surface area contributed by atoms with Crippen LogP contribution in [0.4, 0.5) is 15.9 Å². The number of nitrogens with zero attached hydrogens (tertiary/aromatic N) is 2. The molecule has 3 nitrogen and oxygen atoms in total. The van der Waals surface area contributed by atoms with Crippen LogP contribution >= 0.6 is 34.5 Å². The minimum Gasteiger partial charge on any atom is -0.338 e. The van der Waals surface area contributed by atoms with E-state index in [0.29, 0.717) is 21.6 Å². The highest BCUT2D eigenvalue weighted by atomic mass is 35.5. The van der Waals surface area contributed by atoms with Gasteiger partial charge in [-0.15, -0.1) is 11.3 Å². The zero-order valence-electron chi connectivity index (χ0n) is 13.6. The van der Waals surface area contributed by atoms with E-state index in [1.807, 2.05) is 6.92 Å². The molecule has 0 aliphatic rings. The Morgan fingerprint density at radius 2 is 1.81 bits per heavy atom. The second kappa shape index (κ2) is 6.83. The molecule has 1 N–H and O–H groups in total. The van der Waals surface area contributed by atoms with E-state index in [9.17, 15) is 4.39 Å². The number of aromatic nitrogens is 2. The number of benzene rings is 2. The van der Waals surface area contributed by atoms with Gasteiger partial charge in [0.1, 0.15) is 22.8 Å². The van der Waals surface area contributed by atoms with Gasteiger partial charge in [0.25, 0.3) is 0 Å². The Hall–Kier alpha value is -2.21. The van der Waals surface area contributed by atoms with Gasteiger partial charge in [-0.05, 0) is 42.8 Å². The Labute approximate surface area is 163 Å². The van der Waals surface area contributed by atoms with E-state index in [2.05, 4.69) is 15.3 Å². The summed E-state index contributed by atoms with van der Waals surface area (Å²) >= 11 is 13.9. The normalized spacial score (nSPS) is 11.1. The van der Waals surface area contributed by atoms with Crippen LogP contribution in [-0.4, -0.2) is 9.97 Å². The molecule has 0 saturated heterocycles. The van der Waals surface area contributed by atoms with Crippen LogP contribution in [0.25, 0.3) is 21.3 Å². The van der Waals surface area contributed by atoms with E-state index in [-0.39, 0.29) is 5.82 Å². The average Bonchev–Trinajstić information content (AvgIpc) is 2.96. The number of anilines is 2. The van der Waals surface area contributed by atoms with E-state index >= 15 is 0 Å². The van der Waals surface area contributed by atoms with E-state index in [1.165, 1.54) is 18.5 Å². The van der Waals surface area contributed by atoms with E-state index in [0.717, 1.165) is 26.2 Å². The summed E-state index contributed by atoms with van der Waals surface area (Å²) < 4.78 is 13.3. The second-order valence-electron chi connectivity index (χ2n) is 5.69. The average molecular weight is 404 g/mol. The molecule has 2 aromatic heterocycles. The monoisotopic (exact) mass is 403 g/mol. The molecule has 0 aliphatic carbocycles. The number of fused-ring (bicyclic) bond motifs is 1. The molecule has 0 fully saturated rings. The van der Waals surface area contributed by atoms with Gasteiger partial charge < -0.3 is 5.32 Å². The van der Waals surface area contributed by atoms with Crippen LogP contribution < -0.4 is 5.32 Å². The van der Waals surface area contributed by atoms with Gasteiger partial charge >= 0.3 is 0 Å². The van der Waals surface area contributed by atoms with Crippen molar-refractivity contribution >= 4 is 56.3 Å². The molecule has 0 amide bonds. The number of hydrogen-bond acceptors (Lipinski definition) is 4. The molecule has 0 radical (unpaired) electrons. The van der Waals surface area contributed by atoms with Crippen LogP contribution in [0.1, 0.15) is 4.88 Å². The number of rotatable bonds is 3. The zero-order valence-corrected chi connectivity index (χ0v) is 15.9. The van der Waals surface area contributed by atoms with Gasteiger partial charge in [0.05, 0.1) is 16.1 Å². The quantitative estimate of drug-likeness (QED) is 0.406. The van der Waals surface area contributed by atoms with Crippen molar-refractivity contribution in [1.29, 1.82) is 0 Å². The molecular weight excluding hydrogens is 392 g/mol. The Morgan fingerprint density at radius 1 is 1.04 bits per heavy atom. The Balaban J connectivity index is 1.90. The number of halogens is 3. The number of thiophene rings is 1. The van der Waals surface area contributed by atoms with Gasteiger partial charge in [-0.1, -0.05) is 35.3 Å². The molecule has 4 aromatic rings. The third kappa shape index (κ3) is 3.14. The summed E-state index contributed by atoms with van der Waals surface area (Å²) in [6, 6.07) is 11.6. The summed E-state index contributed by atoms with van der Waals surface area (Å²) in [4.78, 5) is 10.7. The minimum atomic E-state index is -0.272. The Morgan fingerprint density at radius 3 is 2.58 bits per heavy atom. The van der Waals surface area contributed by atoms with Gasteiger partial charge in [-0.2, -0.15) is 0 Å². The molecule has 0 atom stereocenters. The fraction of sp³-hybridized carbons (Fsp3) is 0.0526. The topological polar surface area (TPSA) is 37.8 Å².